The molecule has 0 aliphatic rings. The molecular formula is C15H24N2OS. The van der Waals surface area contributed by atoms with E-state index in [1.165, 1.54) is 0 Å². The molecule has 0 aliphatic heterocycles. The number of nitrogens with two attached hydrogens (primary N) is 1. The van der Waals surface area contributed by atoms with Gasteiger partial charge in [-0.2, -0.15) is 0 Å². The first-order valence-electron chi connectivity index (χ1n) is 6.81. The van der Waals surface area contributed by atoms with E-state index in [1.54, 1.807) is 7.11 Å². The Bertz CT molecular complexity index is 409. The van der Waals surface area contributed by atoms with E-state index in [0.29, 0.717) is 4.99 Å². The van der Waals surface area contributed by atoms with Crippen molar-refractivity contribution in [3.63, 3.8) is 0 Å². The smallest absolute Gasteiger partial charge is 0.124 e. The molecule has 1 aromatic rings. The van der Waals surface area contributed by atoms with Crippen molar-refractivity contribution in [2.24, 2.45) is 5.73 Å². The lowest BCUT2D eigenvalue weighted by Gasteiger charge is -2.31. The summed E-state index contributed by atoms with van der Waals surface area (Å²) in [6, 6.07) is 7.89. The molecule has 0 amide bonds. The van der Waals surface area contributed by atoms with E-state index in [1.807, 2.05) is 24.3 Å². The standard InChI is InChI=1S/C15H24N2OS/c1-4-6-11-17(5-2)14(15(16)19)12-9-7-8-10-13(12)18-3/h7-10,14H,4-6,11H2,1-3H3,(H2,16,19). The zero-order valence-electron chi connectivity index (χ0n) is 12.1. The van der Waals surface area contributed by atoms with E-state index >= 15 is 0 Å². The molecule has 1 atom stereocenters. The molecule has 1 aromatic carbocycles. The van der Waals surface area contributed by atoms with Gasteiger partial charge < -0.3 is 10.5 Å². The van der Waals surface area contributed by atoms with Crippen molar-refractivity contribution in [2.75, 3.05) is 20.2 Å². The number of hydrogen-bond donors (Lipinski definition) is 1. The van der Waals surface area contributed by atoms with Gasteiger partial charge in [0.25, 0.3) is 0 Å². The summed E-state index contributed by atoms with van der Waals surface area (Å²) in [5.74, 6) is 0.843. The first-order valence-corrected chi connectivity index (χ1v) is 7.22. The first kappa shape index (κ1) is 15.9. The number of unbranched alkanes of at least 4 members (excludes halogenated alkanes) is 1. The molecule has 0 heterocycles. The Labute approximate surface area is 121 Å². The van der Waals surface area contributed by atoms with Crippen molar-refractivity contribution >= 4 is 17.2 Å². The maximum atomic E-state index is 5.97. The number of thiocarbonyl (C=S) groups is 1. The number of hydrogen-bond acceptors (Lipinski definition) is 3. The van der Waals surface area contributed by atoms with Crippen LogP contribution in [0.4, 0.5) is 0 Å². The fourth-order valence-corrected chi connectivity index (χ4v) is 2.53. The molecule has 0 bridgehead atoms. The summed E-state index contributed by atoms with van der Waals surface area (Å²) in [6.45, 7) is 6.23. The maximum absolute atomic E-state index is 5.97. The third-order valence-electron chi connectivity index (χ3n) is 3.27. The van der Waals surface area contributed by atoms with Crippen LogP contribution in [0.25, 0.3) is 0 Å². The van der Waals surface area contributed by atoms with Gasteiger partial charge in [-0.15, -0.1) is 0 Å². The lowest BCUT2D eigenvalue weighted by atomic mass is 10.0. The zero-order valence-corrected chi connectivity index (χ0v) is 12.9. The highest BCUT2D eigenvalue weighted by atomic mass is 32.1. The quantitative estimate of drug-likeness (QED) is 0.742. The van der Waals surface area contributed by atoms with E-state index in [9.17, 15) is 0 Å². The van der Waals surface area contributed by atoms with Crippen molar-refractivity contribution in [3.05, 3.63) is 29.8 Å². The summed E-state index contributed by atoms with van der Waals surface area (Å²) in [5.41, 5.74) is 7.03. The average Bonchev–Trinajstić information content (AvgIpc) is 2.43. The van der Waals surface area contributed by atoms with E-state index in [4.69, 9.17) is 22.7 Å². The third kappa shape index (κ3) is 4.18. The van der Waals surface area contributed by atoms with Gasteiger partial charge in [-0.1, -0.05) is 50.7 Å². The molecule has 0 aliphatic carbocycles. The van der Waals surface area contributed by atoms with Crippen LogP contribution in [0.2, 0.25) is 0 Å². The number of benzene rings is 1. The van der Waals surface area contributed by atoms with Crippen molar-refractivity contribution in [2.45, 2.75) is 32.7 Å². The Morgan fingerprint density at radius 1 is 1.37 bits per heavy atom. The number of ether oxygens (including phenoxy) is 1. The first-order chi connectivity index (χ1) is 9.15. The number of methoxy groups -OCH3 is 1. The van der Waals surface area contributed by atoms with Gasteiger partial charge in [-0.3, -0.25) is 4.90 Å². The van der Waals surface area contributed by atoms with Crippen molar-refractivity contribution in [1.29, 1.82) is 0 Å². The molecule has 106 valence electrons. The number of rotatable bonds is 8. The summed E-state index contributed by atoms with van der Waals surface area (Å²) in [4.78, 5) is 2.81. The highest BCUT2D eigenvalue weighted by Crippen LogP contribution is 2.29. The second-order valence-electron chi connectivity index (χ2n) is 4.53. The van der Waals surface area contributed by atoms with E-state index in [0.717, 1.165) is 37.2 Å². The van der Waals surface area contributed by atoms with Crippen molar-refractivity contribution < 1.29 is 4.74 Å². The van der Waals surface area contributed by atoms with Crippen LogP contribution in [0.3, 0.4) is 0 Å². The summed E-state index contributed by atoms with van der Waals surface area (Å²) in [6.07, 6.45) is 2.30. The van der Waals surface area contributed by atoms with Crippen LogP contribution in [0.1, 0.15) is 38.3 Å². The highest BCUT2D eigenvalue weighted by Gasteiger charge is 2.24. The van der Waals surface area contributed by atoms with Crippen LogP contribution in [-0.2, 0) is 0 Å². The molecule has 0 spiro atoms. The molecule has 3 nitrogen and oxygen atoms in total. The lowest BCUT2D eigenvalue weighted by Crippen LogP contribution is -2.37. The molecule has 0 saturated heterocycles. The lowest BCUT2D eigenvalue weighted by molar-refractivity contribution is 0.249. The zero-order chi connectivity index (χ0) is 14.3. The Morgan fingerprint density at radius 2 is 2.05 bits per heavy atom. The van der Waals surface area contributed by atoms with Gasteiger partial charge in [-0.25, -0.2) is 0 Å². The molecule has 0 aromatic heterocycles. The molecular weight excluding hydrogens is 256 g/mol. The Morgan fingerprint density at radius 3 is 2.58 bits per heavy atom. The van der Waals surface area contributed by atoms with E-state index < -0.39 is 0 Å². The number of para-hydroxylation sites is 1. The van der Waals surface area contributed by atoms with Gasteiger partial charge in [-0.05, 0) is 25.6 Å². The molecule has 1 rings (SSSR count). The number of nitrogens with zero attached hydrogens (tertiary/aromatic N) is 1. The summed E-state index contributed by atoms with van der Waals surface area (Å²) < 4.78 is 5.43. The third-order valence-corrected chi connectivity index (χ3v) is 3.50. The molecule has 4 heteroatoms. The SMILES string of the molecule is CCCCN(CC)C(C(N)=S)c1ccccc1OC. The monoisotopic (exact) mass is 280 g/mol. The minimum atomic E-state index is -0.0531. The molecule has 19 heavy (non-hydrogen) atoms. The predicted molar refractivity (Wildman–Crippen MR) is 84.7 cm³/mol. The summed E-state index contributed by atoms with van der Waals surface area (Å²) in [5, 5.41) is 0. The summed E-state index contributed by atoms with van der Waals surface area (Å²) in [7, 11) is 1.68. The van der Waals surface area contributed by atoms with Crippen LogP contribution in [-0.4, -0.2) is 30.1 Å². The molecule has 1 unspecified atom stereocenters. The van der Waals surface area contributed by atoms with Gasteiger partial charge in [0.1, 0.15) is 5.75 Å². The van der Waals surface area contributed by atoms with Crippen LogP contribution < -0.4 is 10.5 Å². The van der Waals surface area contributed by atoms with Gasteiger partial charge in [0, 0.05) is 5.56 Å². The van der Waals surface area contributed by atoms with Gasteiger partial charge >= 0.3 is 0 Å². The van der Waals surface area contributed by atoms with E-state index in [-0.39, 0.29) is 6.04 Å². The fourth-order valence-electron chi connectivity index (χ4n) is 2.25. The van der Waals surface area contributed by atoms with Crippen molar-refractivity contribution in [1.82, 2.24) is 4.90 Å². The summed E-state index contributed by atoms with van der Waals surface area (Å²) >= 11 is 5.28. The Hall–Kier alpha value is -1.13. The normalized spacial score (nSPS) is 12.4. The van der Waals surface area contributed by atoms with Crippen LogP contribution >= 0.6 is 12.2 Å². The van der Waals surface area contributed by atoms with Crippen molar-refractivity contribution in [3.8, 4) is 5.75 Å². The second kappa shape index (κ2) is 8.12. The van der Waals surface area contributed by atoms with Gasteiger partial charge in [0.2, 0.25) is 0 Å². The minimum Gasteiger partial charge on any atom is -0.496 e. The number of likely N-dealkylation sites (N-methyl/N-ethyl adjacent to an activating group) is 1. The maximum Gasteiger partial charge on any atom is 0.124 e. The van der Waals surface area contributed by atoms with Crippen LogP contribution in [0.5, 0.6) is 5.75 Å². The largest absolute Gasteiger partial charge is 0.496 e. The minimum absolute atomic E-state index is 0.0531. The molecule has 0 saturated carbocycles. The average molecular weight is 280 g/mol. The van der Waals surface area contributed by atoms with Crippen LogP contribution in [0, 0.1) is 0 Å². The molecule has 2 N–H and O–H groups in total. The topological polar surface area (TPSA) is 38.5 Å². The molecule has 0 fully saturated rings. The van der Waals surface area contributed by atoms with E-state index in [2.05, 4.69) is 18.7 Å². The Balaban J connectivity index is 3.07. The van der Waals surface area contributed by atoms with Crippen LogP contribution in [0.15, 0.2) is 24.3 Å². The highest BCUT2D eigenvalue weighted by molar-refractivity contribution is 7.80. The Kier molecular flexibility index (Phi) is 6.81. The second-order valence-corrected chi connectivity index (χ2v) is 5.00. The van der Waals surface area contributed by atoms with Gasteiger partial charge in [0.15, 0.2) is 0 Å². The van der Waals surface area contributed by atoms with Gasteiger partial charge in [0.05, 0.1) is 18.1 Å². The fraction of sp³-hybridized carbons (Fsp3) is 0.533. The predicted octanol–water partition coefficient (Wildman–Crippen LogP) is 3.14. The molecule has 0 radical (unpaired) electrons.